The molecule has 1 aromatic carbocycles. The molecule has 1 heterocycles. The summed E-state index contributed by atoms with van der Waals surface area (Å²) in [6.07, 6.45) is 0. The van der Waals surface area contributed by atoms with Crippen LogP contribution in [0.2, 0.25) is 0 Å². The highest BCUT2D eigenvalue weighted by Gasteiger charge is 2.25. The minimum atomic E-state index is 0.131. The predicted molar refractivity (Wildman–Crippen MR) is 81.0 cm³/mol. The molecule has 0 aliphatic rings. The molecule has 0 atom stereocenters. The molecule has 5 nitrogen and oxygen atoms in total. The van der Waals surface area contributed by atoms with E-state index in [1.165, 1.54) is 0 Å². The van der Waals surface area contributed by atoms with Gasteiger partial charge in [0.05, 0.1) is 6.54 Å². The number of anilines is 1. The quantitative estimate of drug-likeness (QED) is 0.870. The second-order valence-electron chi connectivity index (χ2n) is 6.38. The Labute approximate surface area is 120 Å². The summed E-state index contributed by atoms with van der Waals surface area (Å²) in [6, 6.07) is 5.81. The lowest BCUT2D eigenvalue weighted by molar-refractivity contribution is 0.200. The van der Waals surface area contributed by atoms with E-state index >= 15 is 0 Å². The number of nitrogens with two attached hydrogens (primary N) is 1. The van der Waals surface area contributed by atoms with Gasteiger partial charge in [0.15, 0.2) is 5.82 Å². The highest BCUT2D eigenvalue weighted by Crippen LogP contribution is 2.30. The number of rotatable bonds is 4. The lowest BCUT2D eigenvalue weighted by atomic mass is 9.81. The number of hydrogen-bond donors (Lipinski definition) is 1. The fourth-order valence-electron chi connectivity index (χ4n) is 2.01. The van der Waals surface area contributed by atoms with Crippen LogP contribution >= 0.6 is 0 Å². The Bertz CT molecular complexity index is 598. The molecule has 0 bridgehead atoms. The summed E-state index contributed by atoms with van der Waals surface area (Å²) < 4.78 is 1.89. The van der Waals surface area contributed by atoms with Gasteiger partial charge in [0, 0.05) is 11.3 Å². The highest BCUT2D eigenvalue weighted by molar-refractivity contribution is 5.63. The summed E-state index contributed by atoms with van der Waals surface area (Å²) in [5.74, 6) is 1.35. The van der Waals surface area contributed by atoms with Crippen molar-refractivity contribution < 1.29 is 0 Å². The predicted octanol–water partition coefficient (Wildman–Crippen LogP) is 2.91. The van der Waals surface area contributed by atoms with Crippen molar-refractivity contribution in [3.8, 4) is 11.4 Å². The van der Waals surface area contributed by atoms with E-state index in [4.69, 9.17) is 5.73 Å². The number of nitrogen functional groups attached to an aromatic ring is 1. The lowest BCUT2D eigenvalue weighted by Gasteiger charge is -2.29. The second-order valence-corrected chi connectivity index (χ2v) is 6.38. The molecule has 0 aliphatic carbocycles. The van der Waals surface area contributed by atoms with Gasteiger partial charge in [-0.2, -0.15) is 0 Å². The number of aromatic nitrogens is 4. The first-order valence-corrected chi connectivity index (χ1v) is 6.94. The van der Waals surface area contributed by atoms with Crippen molar-refractivity contribution in [1.29, 1.82) is 0 Å². The molecule has 1 aromatic heterocycles. The molecular weight excluding hydrogens is 250 g/mol. The third kappa shape index (κ3) is 2.81. The van der Waals surface area contributed by atoms with Crippen molar-refractivity contribution in [3.63, 3.8) is 0 Å². The van der Waals surface area contributed by atoms with Crippen LogP contribution in [0.4, 0.5) is 5.69 Å². The van der Waals surface area contributed by atoms with Gasteiger partial charge in [0.1, 0.15) is 0 Å². The minimum absolute atomic E-state index is 0.131. The highest BCUT2D eigenvalue weighted by atomic mass is 15.5. The minimum Gasteiger partial charge on any atom is -0.399 e. The van der Waals surface area contributed by atoms with Crippen LogP contribution in [-0.2, 0) is 6.54 Å². The molecule has 0 saturated carbocycles. The molecule has 5 heteroatoms. The number of benzene rings is 1. The summed E-state index contributed by atoms with van der Waals surface area (Å²) in [7, 11) is 0. The molecule has 2 rings (SSSR count). The summed E-state index contributed by atoms with van der Waals surface area (Å²) in [6.45, 7) is 11.7. The average molecular weight is 273 g/mol. The fraction of sp³-hybridized carbons (Fsp3) is 0.533. The van der Waals surface area contributed by atoms with Crippen LogP contribution < -0.4 is 5.73 Å². The zero-order valence-corrected chi connectivity index (χ0v) is 12.9. The Morgan fingerprint density at radius 1 is 1.30 bits per heavy atom. The van der Waals surface area contributed by atoms with Crippen molar-refractivity contribution in [2.45, 2.75) is 41.2 Å². The Kier molecular flexibility index (Phi) is 3.79. The van der Waals surface area contributed by atoms with Crippen molar-refractivity contribution in [2.75, 3.05) is 5.73 Å². The molecule has 0 radical (unpaired) electrons. The van der Waals surface area contributed by atoms with E-state index in [2.05, 4.69) is 43.2 Å². The molecule has 2 N–H and O–H groups in total. The SMILES string of the molecule is Cc1cc(N)ccc1-c1nnnn1CC(C)(C)C(C)C. The lowest BCUT2D eigenvalue weighted by Crippen LogP contribution is -2.26. The molecule has 0 unspecified atom stereocenters. The van der Waals surface area contributed by atoms with Crippen LogP contribution in [0.25, 0.3) is 11.4 Å². The number of nitrogens with zero attached hydrogens (tertiary/aromatic N) is 4. The van der Waals surface area contributed by atoms with E-state index in [1.807, 2.05) is 29.8 Å². The van der Waals surface area contributed by atoms with Crippen molar-refractivity contribution in [1.82, 2.24) is 20.2 Å². The third-order valence-electron chi connectivity index (χ3n) is 4.14. The largest absolute Gasteiger partial charge is 0.399 e. The van der Waals surface area contributed by atoms with Gasteiger partial charge < -0.3 is 5.73 Å². The number of aryl methyl sites for hydroxylation is 1. The molecule has 0 saturated heterocycles. The van der Waals surface area contributed by atoms with Crippen molar-refractivity contribution in [3.05, 3.63) is 23.8 Å². The van der Waals surface area contributed by atoms with E-state index in [1.54, 1.807) is 0 Å². The summed E-state index contributed by atoms with van der Waals surface area (Å²) in [4.78, 5) is 0. The van der Waals surface area contributed by atoms with Gasteiger partial charge in [-0.05, 0) is 52.4 Å². The van der Waals surface area contributed by atoms with E-state index in [-0.39, 0.29) is 5.41 Å². The third-order valence-corrected chi connectivity index (χ3v) is 4.14. The van der Waals surface area contributed by atoms with Crippen LogP contribution in [-0.4, -0.2) is 20.2 Å². The maximum absolute atomic E-state index is 5.80. The molecule has 0 aliphatic heterocycles. The van der Waals surface area contributed by atoms with Gasteiger partial charge in [0.25, 0.3) is 0 Å². The smallest absolute Gasteiger partial charge is 0.182 e. The fourth-order valence-corrected chi connectivity index (χ4v) is 2.01. The normalized spacial score (nSPS) is 12.1. The van der Waals surface area contributed by atoms with Crippen molar-refractivity contribution >= 4 is 5.69 Å². The molecule has 20 heavy (non-hydrogen) atoms. The molecular formula is C15H23N5. The van der Waals surface area contributed by atoms with Crippen LogP contribution in [0, 0.1) is 18.3 Å². The van der Waals surface area contributed by atoms with Gasteiger partial charge in [-0.1, -0.05) is 27.7 Å². The Hall–Kier alpha value is -1.91. The summed E-state index contributed by atoms with van der Waals surface area (Å²) in [5, 5.41) is 12.2. The van der Waals surface area contributed by atoms with Crippen molar-refractivity contribution in [2.24, 2.45) is 11.3 Å². The summed E-state index contributed by atoms with van der Waals surface area (Å²) in [5.41, 5.74) is 8.81. The van der Waals surface area contributed by atoms with Gasteiger partial charge >= 0.3 is 0 Å². The topological polar surface area (TPSA) is 69.6 Å². The first kappa shape index (κ1) is 14.5. The van der Waals surface area contributed by atoms with E-state index in [0.29, 0.717) is 5.92 Å². The number of tetrazole rings is 1. The molecule has 2 aromatic rings. The first-order chi connectivity index (χ1) is 9.31. The van der Waals surface area contributed by atoms with Crippen LogP contribution in [0.1, 0.15) is 33.3 Å². The molecule has 108 valence electrons. The maximum atomic E-state index is 5.80. The molecule has 0 amide bonds. The van der Waals surface area contributed by atoms with Gasteiger partial charge in [0.2, 0.25) is 0 Å². The second kappa shape index (κ2) is 5.23. The Morgan fingerprint density at radius 2 is 2.00 bits per heavy atom. The zero-order valence-electron chi connectivity index (χ0n) is 12.9. The summed E-state index contributed by atoms with van der Waals surface area (Å²) >= 11 is 0. The van der Waals surface area contributed by atoms with Crippen LogP contribution in [0.3, 0.4) is 0 Å². The molecule has 0 fully saturated rings. The van der Waals surface area contributed by atoms with Crippen LogP contribution in [0.15, 0.2) is 18.2 Å². The number of hydrogen-bond acceptors (Lipinski definition) is 4. The standard InChI is InChI=1S/C15H23N5/c1-10(2)15(4,5)9-20-14(17-18-19-20)13-7-6-12(16)8-11(13)3/h6-8,10H,9,16H2,1-5H3. The Balaban J connectivity index is 2.38. The van der Waals surface area contributed by atoms with Gasteiger partial charge in [-0.25, -0.2) is 4.68 Å². The van der Waals surface area contributed by atoms with Gasteiger partial charge in [-0.15, -0.1) is 5.10 Å². The van der Waals surface area contributed by atoms with E-state index in [9.17, 15) is 0 Å². The van der Waals surface area contributed by atoms with E-state index < -0.39 is 0 Å². The molecule has 0 spiro atoms. The van der Waals surface area contributed by atoms with E-state index in [0.717, 1.165) is 29.2 Å². The van der Waals surface area contributed by atoms with Gasteiger partial charge in [-0.3, -0.25) is 0 Å². The van der Waals surface area contributed by atoms with Crippen LogP contribution in [0.5, 0.6) is 0 Å². The Morgan fingerprint density at radius 3 is 2.60 bits per heavy atom. The first-order valence-electron chi connectivity index (χ1n) is 6.94. The maximum Gasteiger partial charge on any atom is 0.182 e. The monoisotopic (exact) mass is 273 g/mol. The average Bonchev–Trinajstić information content (AvgIpc) is 2.76. The zero-order chi connectivity index (χ0) is 14.9.